The maximum atomic E-state index is 12.0. The van der Waals surface area contributed by atoms with Crippen molar-refractivity contribution in [1.29, 1.82) is 0 Å². The summed E-state index contributed by atoms with van der Waals surface area (Å²) in [5.74, 6) is 0.0978. The molecule has 5 nitrogen and oxygen atoms in total. The van der Waals surface area contributed by atoms with Crippen LogP contribution in [0.2, 0.25) is 5.02 Å². The number of thioether (sulfide) groups is 1. The topological polar surface area (TPSA) is 59.8 Å². The predicted octanol–water partition coefficient (Wildman–Crippen LogP) is 3.96. The molecule has 1 heterocycles. The van der Waals surface area contributed by atoms with Gasteiger partial charge < -0.3 is 5.32 Å². The van der Waals surface area contributed by atoms with Gasteiger partial charge in [0, 0.05) is 10.7 Å². The Kier molecular flexibility index (Phi) is 5.17. The van der Waals surface area contributed by atoms with Crippen molar-refractivity contribution >= 4 is 35.0 Å². The summed E-state index contributed by atoms with van der Waals surface area (Å²) in [6, 6.07) is 15.1. The number of carbonyl (C=O) groups is 1. The van der Waals surface area contributed by atoms with Crippen LogP contribution in [0, 0.1) is 6.92 Å². The first-order valence-corrected chi connectivity index (χ1v) is 8.64. The molecule has 0 radical (unpaired) electrons. The number of hydrogen-bond acceptors (Lipinski definition) is 4. The van der Waals surface area contributed by atoms with Crippen molar-refractivity contribution in [3.05, 3.63) is 65.4 Å². The number of carbonyl (C=O) groups excluding carboxylic acids is 1. The number of anilines is 1. The highest BCUT2D eigenvalue weighted by Crippen LogP contribution is 2.20. The summed E-state index contributed by atoms with van der Waals surface area (Å²) in [4.78, 5) is 16.2. The molecule has 0 bridgehead atoms. The van der Waals surface area contributed by atoms with E-state index in [0.29, 0.717) is 15.9 Å². The van der Waals surface area contributed by atoms with E-state index < -0.39 is 0 Å². The fourth-order valence-corrected chi connectivity index (χ4v) is 2.80. The fraction of sp³-hybridized carbons (Fsp3) is 0.118. The Bertz CT molecular complexity index is 851. The average molecular weight is 359 g/mol. The van der Waals surface area contributed by atoms with Crippen molar-refractivity contribution in [2.24, 2.45) is 0 Å². The van der Waals surface area contributed by atoms with Crippen molar-refractivity contribution in [2.75, 3.05) is 11.1 Å². The van der Waals surface area contributed by atoms with Gasteiger partial charge >= 0.3 is 0 Å². The lowest BCUT2D eigenvalue weighted by atomic mass is 10.2. The van der Waals surface area contributed by atoms with Crippen molar-refractivity contribution < 1.29 is 4.79 Å². The Labute approximate surface area is 149 Å². The minimum absolute atomic E-state index is 0.129. The van der Waals surface area contributed by atoms with Gasteiger partial charge in [0.25, 0.3) is 0 Å². The summed E-state index contributed by atoms with van der Waals surface area (Å²) in [7, 11) is 0. The van der Waals surface area contributed by atoms with E-state index in [-0.39, 0.29) is 11.7 Å². The quantitative estimate of drug-likeness (QED) is 0.701. The predicted molar refractivity (Wildman–Crippen MR) is 96.9 cm³/mol. The van der Waals surface area contributed by atoms with Crippen LogP contribution in [-0.2, 0) is 4.79 Å². The summed E-state index contributed by atoms with van der Waals surface area (Å²) in [6.07, 6.45) is 1.63. The molecule has 0 aliphatic heterocycles. The van der Waals surface area contributed by atoms with Crippen LogP contribution in [0.4, 0.5) is 5.69 Å². The number of nitrogens with zero attached hydrogens (tertiary/aromatic N) is 3. The maximum Gasteiger partial charge on any atom is 0.234 e. The first kappa shape index (κ1) is 16.5. The van der Waals surface area contributed by atoms with Crippen LogP contribution in [0.25, 0.3) is 5.69 Å². The zero-order valence-electron chi connectivity index (χ0n) is 12.9. The highest BCUT2D eigenvalue weighted by atomic mass is 35.5. The molecule has 0 aliphatic rings. The lowest BCUT2D eigenvalue weighted by molar-refractivity contribution is -0.113. The van der Waals surface area contributed by atoms with E-state index in [1.807, 2.05) is 49.4 Å². The number of rotatable bonds is 5. The number of aryl methyl sites for hydroxylation is 1. The van der Waals surface area contributed by atoms with Gasteiger partial charge in [-0.25, -0.2) is 9.67 Å². The monoisotopic (exact) mass is 358 g/mol. The molecule has 1 aromatic heterocycles. The van der Waals surface area contributed by atoms with Gasteiger partial charge in [-0.2, -0.15) is 0 Å². The first-order chi connectivity index (χ1) is 11.6. The molecule has 122 valence electrons. The van der Waals surface area contributed by atoms with Gasteiger partial charge in [0.1, 0.15) is 6.33 Å². The number of aromatic nitrogens is 3. The smallest absolute Gasteiger partial charge is 0.234 e. The highest BCUT2D eigenvalue weighted by Gasteiger charge is 2.08. The molecule has 3 rings (SSSR count). The number of amides is 1. The molecule has 0 atom stereocenters. The molecule has 0 aliphatic carbocycles. The number of hydrogen-bond donors (Lipinski definition) is 1. The van der Waals surface area contributed by atoms with Gasteiger partial charge in [-0.3, -0.25) is 4.79 Å². The van der Waals surface area contributed by atoms with Crippen LogP contribution in [0.1, 0.15) is 5.56 Å². The zero-order valence-corrected chi connectivity index (χ0v) is 14.5. The third kappa shape index (κ3) is 4.15. The lowest BCUT2D eigenvalue weighted by Crippen LogP contribution is -2.14. The Hall–Kier alpha value is -2.31. The average Bonchev–Trinajstić information content (AvgIpc) is 3.06. The summed E-state index contributed by atoms with van der Waals surface area (Å²) < 4.78 is 1.68. The minimum atomic E-state index is -0.129. The summed E-state index contributed by atoms with van der Waals surface area (Å²) >= 11 is 7.33. The lowest BCUT2D eigenvalue weighted by Gasteiger charge is -2.06. The number of halogens is 1. The second-order valence-corrected chi connectivity index (χ2v) is 6.46. The molecule has 0 fully saturated rings. The molecule has 7 heteroatoms. The summed E-state index contributed by atoms with van der Waals surface area (Å²) in [5.41, 5.74) is 2.58. The Morgan fingerprint density at radius 3 is 2.79 bits per heavy atom. The largest absolute Gasteiger partial charge is 0.325 e. The van der Waals surface area contributed by atoms with Gasteiger partial charge in [-0.05, 0) is 36.8 Å². The zero-order chi connectivity index (χ0) is 16.9. The molecule has 3 aromatic rings. The van der Waals surface area contributed by atoms with E-state index in [1.165, 1.54) is 11.8 Å². The third-order valence-corrected chi connectivity index (χ3v) is 4.54. The van der Waals surface area contributed by atoms with Crippen LogP contribution in [0.15, 0.2) is 60.0 Å². The van der Waals surface area contributed by atoms with E-state index in [2.05, 4.69) is 15.4 Å². The molecular formula is C17H15ClN4OS. The molecule has 0 unspecified atom stereocenters. The van der Waals surface area contributed by atoms with Gasteiger partial charge in [0.15, 0.2) is 0 Å². The van der Waals surface area contributed by atoms with Crippen molar-refractivity contribution in [1.82, 2.24) is 14.8 Å². The standard InChI is InChI=1S/C17H15ClN4OS/c1-12-7-8-13(9-15(12)18)20-16(23)10-24-17-19-11-22(21-17)14-5-3-2-4-6-14/h2-9,11H,10H2,1H3,(H,20,23). The third-order valence-electron chi connectivity index (χ3n) is 3.28. The van der Waals surface area contributed by atoms with E-state index in [0.717, 1.165) is 11.3 Å². The van der Waals surface area contributed by atoms with E-state index in [1.54, 1.807) is 17.1 Å². The van der Waals surface area contributed by atoms with Gasteiger partial charge in [-0.1, -0.05) is 47.6 Å². The molecule has 24 heavy (non-hydrogen) atoms. The van der Waals surface area contributed by atoms with Gasteiger partial charge in [0.05, 0.1) is 11.4 Å². The second kappa shape index (κ2) is 7.51. The molecule has 2 aromatic carbocycles. The SMILES string of the molecule is Cc1ccc(NC(=O)CSc2ncn(-c3ccccc3)n2)cc1Cl. The van der Waals surface area contributed by atoms with E-state index in [9.17, 15) is 4.79 Å². The fourth-order valence-electron chi connectivity index (χ4n) is 2.02. The number of benzene rings is 2. The molecular weight excluding hydrogens is 344 g/mol. The van der Waals surface area contributed by atoms with Crippen molar-refractivity contribution in [2.45, 2.75) is 12.1 Å². The van der Waals surface area contributed by atoms with E-state index in [4.69, 9.17) is 11.6 Å². The highest BCUT2D eigenvalue weighted by molar-refractivity contribution is 7.99. The maximum absolute atomic E-state index is 12.0. The minimum Gasteiger partial charge on any atom is -0.325 e. The Morgan fingerprint density at radius 1 is 1.25 bits per heavy atom. The van der Waals surface area contributed by atoms with E-state index >= 15 is 0 Å². The molecule has 1 N–H and O–H groups in total. The van der Waals surface area contributed by atoms with Gasteiger partial charge in [0.2, 0.25) is 11.1 Å². The van der Waals surface area contributed by atoms with Crippen LogP contribution >= 0.6 is 23.4 Å². The Balaban J connectivity index is 1.56. The second-order valence-electron chi connectivity index (χ2n) is 5.11. The van der Waals surface area contributed by atoms with Crippen molar-refractivity contribution in [3.8, 4) is 5.69 Å². The van der Waals surface area contributed by atoms with Crippen LogP contribution < -0.4 is 5.32 Å². The van der Waals surface area contributed by atoms with Gasteiger partial charge in [-0.15, -0.1) is 5.10 Å². The Morgan fingerprint density at radius 2 is 2.04 bits per heavy atom. The molecule has 0 saturated carbocycles. The van der Waals surface area contributed by atoms with Crippen LogP contribution in [0.3, 0.4) is 0 Å². The molecule has 0 spiro atoms. The van der Waals surface area contributed by atoms with Crippen LogP contribution in [0.5, 0.6) is 0 Å². The first-order valence-electron chi connectivity index (χ1n) is 7.28. The summed E-state index contributed by atoms with van der Waals surface area (Å²) in [6.45, 7) is 1.92. The van der Waals surface area contributed by atoms with Crippen molar-refractivity contribution in [3.63, 3.8) is 0 Å². The number of para-hydroxylation sites is 1. The molecule has 1 amide bonds. The van der Waals surface area contributed by atoms with Crippen LogP contribution in [-0.4, -0.2) is 26.4 Å². The number of nitrogens with one attached hydrogen (secondary N) is 1. The summed E-state index contributed by atoms with van der Waals surface area (Å²) in [5, 5.41) is 8.34. The normalized spacial score (nSPS) is 10.6. The molecule has 0 saturated heterocycles.